The normalized spacial score (nSPS) is 13.8. The lowest BCUT2D eigenvalue weighted by Crippen LogP contribution is -2.29. The molecule has 3 nitrogen and oxygen atoms in total. The van der Waals surface area contributed by atoms with E-state index >= 15 is 0 Å². The van der Waals surface area contributed by atoms with E-state index in [2.05, 4.69) is 10.3 Å². The van der Waals surface area contributed by atoms with Gasteiger partial charge in [-0.2, -0.15) is 0 Å². The standard InChI is InChI=1S/C14H15ClN2OS/c1-9-8-19-14(16-9)10(2)17-13(18)12(15)11-6-4-3-5-7-11/h3-8,10,12H,1-2H3,(H,17,18). The van der Waals surface area contributed by atoms with Crippen molar-refractivity contribution < 1.29 is 4.79 Å². The first-order valence-electron chi connectivity index (χ1n) is 5.99. The molecule has 5 heteroatoms. The number of rotatable bonds is 4. The van der Waals surface area contributed by atoms with Crippen molar-refractivity contribution in [1.82, 2.24) is 10.3 Å². The molecule has 100 valence electrons. The molecule has 0 spiro atoms. The number of thiazole rings is 1. The van der Waals surface area contributed by atoms with Crippen LogP contribution in [0.4, 0.5) is 0 Å². The molecule has 0 saturated heterocycles. The summed E-state index contributed by atoms with van der Waals surface area (Å²) in [4.78, 5) is 16.4. The van der Waals surface area contributed by atoms with E-state index in [1.165, 1.54) is 11.3 Å². The maximum atomic E-state index is 12.1. The highest BCUT2D eigenvalue weighted by Crippen LogP contribution is 2.23. The molecule has 2 unspecified atom stereocenters. The van der Waals surface area contributed by atoms with Gasteiger partial charge in [0.1, 0.15) is 10.4 Å². The van der Waals surface area contributed by atoms with Crippen LogP contribution in [0.1, 0.15) is 34.6 Å². The van der Waals surface area contributed by atoms with Gasteiger partial charge in [0.2, 0.25) is 5.91 Å². The first kappa shape index (κ1) is 14.0. The lowest BCUT2D eigenvalue weighted by molar-refractivity contribution is -0.121. The van der Waals surface area contributed by atoms with Crippen LogP contribution in [0.15, 0.2) is 35.7 Å². The molecule has 1 heterocycles. The third-order valence-corrected chi connectivity index (χ3v) is 4.28. The Kier molecular flexibility index (Phi) is 4.56. The van der Waals surface area contributed by atoms with Gasteiger partial charge in [-0.25, -0.2) is 4.98 Å². The Labute approximate surface area is 121 Å². The van der Waals surface area contributed by atoms with Gasteiger partial charge in [0.05, 0.1) is 6.04 Å². The molecule has 0 aliphatic rings. The fourth-order valence-electron chi connectivity index (χ4n) is 1.69. The minimum atomic E-state index is -0.676. The van der Waals surface area contributed by atoms with Gasteiger partial charge >= 0.3 is 0 Å². The van der Waals surface area contributed by atoms with Crippen LogP contribution < -0.4 is 5.32 Å². The highest BCUT2D eigenvalue weighted by Gasteiger charge is 2.20. The van der Waals surface area contributed by atoms with E-state index in [1.54, 1.807) is 0 Å². The maximum absolute atomic E-state index is 12.1. The lowest BCUT2D eigenvalue weighted by atomic mass is 10.1. The maximum Gasteiger partial charge on any atom is 0.243 e. The first-order valence-corrected chi connectivity index (χ1v) is 7.31. The van der Waals surface area contributed by atoms with Crippen LogP contribution in [0.5, 0.6) is 0 Å². The molecular weight excluding hydrogens is 280 g/mol. The lowest BCUT2D eigenvalue weighted by Gasteiger charge is -2.15. The van der Waals surface area contributed by atoms with Crippen LogP contribution >= 0.6 is 22.9 Å². The summed E-state index contributed by atoms with van der Waals surface area (Å²) in [5, 5.41) is 5.07. The van der Waals surface area contributed by atoms with E-state index < -0.39 is 5.38 Å². The molecule has 1 aromatic heterocycles. The molecule has 0 aliphatic heterocycles. The van der Waals surface area contributed by atoms with Crippen LogP contribution in [-0.2, 0) is 4.79 Å². The fraction of sp³-hybridized carbons (Fsp3) is 0.286. The average Bonchev–Trinajstić information content (AvgIpc) is 2.85. The number of aromatic nitrogens is 1. The van der Waals surface area contributed by atoms with Crippen LogP contribution in [0.3, 0.4) is 0 Å². The van der Waals surface area contributed by atoms with Crippen molar-refractivity contribution in [1.29, 1.82) is 0 Å². The summed E-state index contributed by atoms with van der Waals surface area (Å²) in [6.45, 7) is 3.84. The predicted octanol–water partition coefficient (Wildman–Crippen LogP) is 3.61. The second-order valence-electron chi connectivity index (χ2n) is 4.33. The molecule has 0 saturated carbocycles. The van der Waals surface area contributed by atoms with Gasteiger partial charge in [0.15, 0.2) is 0 Å². The Morgan fingerprint density at radius 2 is 2.05 bits per heavy atom. The number of hydrogen-bond acceptors (Lipinski definition) is 3. The Hall–Kier alpha value is -1.39. The second kappa shape index (κ2) is 6.17. The Balaban J connectivity index is 2.01. The number of aryl methyl sites for hydroxylation is 1. The van der Waals surface area contributed by atoms with Crippen molar-refractivity contribution in [2.75, 3.05) is 0 Å². The van der Waals surface area contributed by atoms with Gasteiger partial charge in [-0.3, -0.25) is 4.79 Å². The van der Waals surface area contributed by atoms with Crippen molar-refractivity contribution in [2.45, 2.75) is 25.3 Å². The van der Waals surface area contributed by atoms with Gasteiger partial charge in [0, 0.05) is 11.1 Å². The van der Waals surface area contributed by atoms with Crippen molar-refractivity contribution in [3.63, 3.8) is 0 Å². The monoisotopic (exact) mass is 294 g/mol. The Bertz CT molecular complexity index is 556. The smallest absolute Gasteiger partial charge is 0.243 e. The number of carbonyl (C=O) groups is 1. The van der Waals surface area contributed by atoms with Gasteiger partial charge in [-0.15, -0.1) is 22.9 Å². The van der Waals surface area contributed by atoms with Crippen LogP contribution in [-0.4, -0.2) is 10.9 Å². The molecule has 0 fully saturated rings. The number of alkyl halides is 1. The molecule has 1 N–H and O–H groups in total. The molecule has 0 radical (unpaired) electrons. The summed E-state index contributed by atoms with van der Waals surface area (Å²) in [6, 6.07) is 9.19. The number of nitrogens with one attached hydrogen (secondary N) is 1. The Morgan fingerprint density at radius 1 is 1.37 bits per heavy atom. The molecule has 0 bridgehead atoms. The van der Waals surface area contributed by atoms with E-state index in [9.17, 15) is 4.79 Å². The minimum absolute atomic E-state index is 0.129. The van der Waals surface area contributed by atoms with Crippen molar-refractivity contribution in [3.05, 3.63) is 52.0 Å². The molecule has 1 amide bonds. The Morgan fingerprint density at radius 3 is 2.63 bits per heavy atom. The van der Waals surface area contributed by atoms with Crippen molar-refractivity contribution in [2.24, 2.45) is 0 Å². The van der Waals surface area contributed by atoms with E-state index in [-0.39, 0.29) is 11.9 Å². The van der Waals surface area contributed by atoms with Gasteiger partial charge in [-0.1, -0.05) is 30.3 Å². The summed E-state index contributed by atoms with van der Waals surface area (Å²) in [6.07, 6.45) is 0. The van der Waals surface area contributed by atoms with E-state index in [0.29, 0.717) is 0 Å². The summed E-state index contributed by atoms with van der Waals surface area (Å²) < 4.78 is 0. The van der Waals surface area contributed by atoms with Gasteiger partial charge < -0.3 is 5.32 Å². The highest BCUT2D eigenvalue weighted by atomic mass is 35.5. The van der Waals surface area contributed by atoms with Crippen LogP contribution in [0.2, 0.25) is 0 Å². The van der Waals surface area contributed by atoms with E-state index in [0.717, 1.165) is 16.3 Å². The molecule has 0 aliphatic carbocycles. The summed E-state index contributed by atoms with van der Waals surface area (Å²) in [7, 11) is 0. The second-order valence-corrected chi connectivity index (χ2v) is 5.66. The number of carbonyl (C=O) groups excluding carboxylic acids is 1. The summed E-state index contributed by atoms with van der Waals surface area (Å²) in [5.41, 5.74) is 1.76. The van der Waals surface area contributed by atoms with E-state index in [4.69, 9.17) is 11.6 Å². The third-order valence-electron chi connectivity index (χ3n) is 2.69. The number of hydrogen-bond donors (Lipinski definition) is 1. The SMILES string of the molecule is Cc1csc(C(C)NC(=O)C(Cl)c2ccccc2)n1. The van der Waals surface area contributed by atoms with Crippen molar-refractivity contribution >= 4 is 28.8 Å². The number of benzene rings is 1. The first-order chi connectivity index (χ1) is 9.08. The van der Waals surface area contributed by atoms with Gasteiger partial charge in [0.25, 0.3) is 0 Å². The predicted molar refractivity (Wildman–Crippen MR) is 78.4 cm³/mol. The van der Waals surface area contributed by atoms with Crippen molar-refractivity contribution in [3.8, 4) is 0 Å². The zero-order valence-electron chi connectivity index (χ0n) is 10.8. The summed E-state index contributed by atoms with van der Waals surface area (Å²) >= 11 is 7.70. The zero-order valence-corrected chi connectivity index (χ0v) is 12.3. The third kappa shape index (κ3) is 3.55. The molecule has 19 heavy (non-hydrogen) atoms. The molecular formula is C14H15ClN2OS. The molecule has 2 aromatic rings. The van der Waals surface area contributed by atoms with E-state index in [1.807, 2.05) is 49.6 Å². The summed E-state index contributed by atoms with van der Waals surface area (Å²) in [5.74, 6) is -0.201. The average molecular weight is 295 g/mol. The number of amides is 1. The van der Waals surface area contributed by atoms with Gasteiger partial charge in [-0.05, 0) is 19.4 Å². The largest absolute Gasteiger partial charge is 0.346 e. The minimum Gasteiger partial charge on any atom is -0.346 e. The molecule has 2 rings (SSSR count). The quantitative estimate of drug-likeness (QED) is 0.875. The van der Waals surface area contributed by atoms with Crippen LogP contribution in [0, 0.1) is 6.92 Å². The number of nitrogens with zero attached hydrogens (tertiary/aromatic N) is 1. The van der Waals surface area contributed by atoms with Crippen LogP contribution in [0.25, 0.3) is 0 Å². The fourth-order valence-corrected chi connectivity index (χ4v) is 2.70. The zero-order chi connectivity index (χ0) is 13.8. The topological polar surface area (TPSA) is 42.0 Å². The number of halogens is 1. The molecule has 1 aromatic carbocycles. The molecule has 2 atom stereocenters. The highest BCUT2D eigenvalue weighted by molar-refractivity contribution is 7.09.